The van der Waals surface area contributed by atoms with Crippen LogP contribution in [0.3, 0.4) is 0 Å². The van der Waals surface area contributed by atoms with Gasteiger partial charge in [-0.05, 0) is 26.2 Å². The normalized spacial score (nSPS) is 35.9. The Kier molecular flexibility index (Phi) is 2.72. The zero-order valence-electron chi connectivity index (χ0n) is 9.16. The average molecular weight is 231 g/mol. The van der Waals surface area contributed by atoms with Crippen LogP contribution in [0.4, 0.5) is 0 Å². The molecule has 4 heteroatoms. The van der Waals surface area contributed by atoms with Crippen LogP contribution in [0, 0.1) is 11.3 Å². The van der Waals surface area contributed by atoms with Crippen molar-refractivity contribution in [3.05, 3.63) is 0 Å². The molecule has 86 valence electrons. The summed E-state index contributed by atoms with van der Waals surface area (Å²) < 4.78 is 0. The Balaban J connectivity index is 0.000000853. The van der Waals surface area contributed by atoms with E-state index in [1.807, 2.05) is 0 Å². The number of amides is 1. The van der Waals surface area contributed by atoms with Gasteiger partial charge in [0, 0.05) is 37.0 Å². The number of rotatable bonds is 1. The van der Waals surface area contributed by atoms with Crippen LogP contribution in [0.2, 0.25) is 0 Å². The Labute approximate surface area is 97.0 Å². The molecule has 3 fully saturated rings. The average Bonchev–Trinajstić information content (AvgIpc) is 2.75. The number of nitrogens with one attached hydrogen (secondary N) is 1. The quantitative estimate of drug-likeness (QED) is 0.730. The minimum absolute atomic E-state index is 0. The fourth-order valence-corrected chi connectivity index (χ4v) is 2.99. The summed E-state index contributed by atoms with van der Waals surface area (Å²) in [5, 5.41) is 3.28. The van der Waals surface area contributed by atoms with Gasteiger partial charge in [-0.25, -0.2) is 0 Å². The molecule has 2 heterocycles. The molecule has 1 saturated carbocycles. The highest BCUT2D eigenvalue weighted by Gasteiger charge is 2.62. The van der Waals surface area contributed by atoms with Crippen LogP contribution in [-0.2, 0) is 4.79 Å². The van der Waals surface area contributed by atoms with Crippen LogP contribution in [0.25, 0.3) is 0 Å². The van der Waals surface area contributed by atoms with Crippen molar-refractivity contribution in [1.82, 2.24) is 10.2 Å². The summed E-state index contributed by atoms with van der Waals surface area (Å²) >= 11 is 0. The Morgan fingerprint density at radius 3 is 2.60 bits per heavy atom. The molecule has 1 spiro atoms. The van der Waals surface area contributed by atoms with Crippen LogP contribution in [0.5, 0.6) is 0 Å². The van der Waals surface area contributed by atoms with Crippen molar-refractivity contribution in [2.24, 2.45) is 11.3 Å². The Morgan fingerprint density at radius 2 is 2.20 bits per heavy atom. The summed E-state index contributed by atoms with van der Waals surface area (Å²) in [4.78, 5) is 14.2. The summed E-state index contributed by atoms with van der Waals surface area (Å²) in [6.07, 6.45) is 3.54. The minimum atomic E-state index is 0. The third-order valence-corrected chi connectivity index (χ3v) is 4.28. The van der Waals surface area contributed by atoms with Crippen LogP contribution < -0.4 is 5.32 Å². The van der Waals surface area contributed by atoms with E-state index in [1.54, 1.807) is 0 Å². The van der Waals surface area contributed by atoms with E-state index >= 15 is 0 Å². The van der Waals surface area contributed by atoms with Crippen molar-refractivity contribution >= 4 is 18.3 Å². The lowest BCUT2D eigenvalue weighted by Gasteiger charge is -2.30. The summed E-state index contributed by atoms with van der Waals surface area (Å²) in [7, 11) is 0. The molecule has 0 radical (unpaired) electrons. The molecule has 1 N–H and O–H groups in total. The molecule has 15 heavy (non-hydrogen) atoms. The zero-order chi connectivity index (χ0) is 9.76. The summed E-state index contributed by atoms with van der Waals surface area (Å²) in [5.74, 6) is 0.806. The SMILES string of the molecule is CC1CCCN1C(=O)C1CC12CNC2.Cl. The van der Waals surface area contributed by atoms with Gasteiger partial charge in [0.15, 0.2) is 0 Å². The third kappa shape index (κ3) is 1.56. The molecule has 1 aliphatic carbocycles. The summed E-state index contributed by atoms with van der Waals surface area (Å²) in [5.41, 5.74) is 0.402. The number of carbonyl (C=O) groups excluding carboxylic acids is 1. The predicted octanol–water partition coefficient (Wildman–Crippen LogP) is 1.03. The lowest BCUT2D eigenvalue weighted by Crippen LogP contribution is -2.48. The van der Waals surface area contributed by atoms with Crippen molar-refractivity contribution in [2.45, 2.75) is 32.2 Å². The van der Waals surface area contributed by atoms with E-state index in [1.165, 1.54) is 12.8 Å². The Bertz CT molecular complexity index is 278. The van der Waals surface area contributed by atoms with Crippen molar-refractivity contribution in [3.63, 3.8) is 0 Å². The van der Waals surface area contributed by atoms with Gasteiger partial charge >= 0.3 is 0 Å². The largest absolute Gasteiger partial charge is 0.340 e. The molecule has 0 bridgehead atoms. The maximum absolute atomic E-state index is 12.1. The second kappa shape index (κ2) is 3.63. The highest BCUT2D eigenvalue weighted by atomic mass is 35.5. The number of likely N-dealkylation sites (tertiary alicyclic amines) is 1. The fourth-order valence-electron chi connectivity index (χ4n) is 2.99. The van der Waals surface area contributed by atoms with E-state index in [4.69, 9.17) is 0 Å². The van der Waals surface area contributed by atoms with Gasteiger partial charge in [0.2, 0.25) is 5.91 Å². The number of hydrogen-bond donors (Lipinski definition) is 1. The van der Waals surface area contributed by atoms with Crippen molar-refractivity contribution in [3.8, 4) is 0 Å². The Morgan fingerprint density at radius 1 is 1.47 bits per heavy atom. The first-order valence-electron chi connectivity index (χ1n) is 5.74. The third-order valence-electron chi connectivity index (χ3n) is 4.28. The molecule has 0 aromatic rings. The second-order valence-electron chi connectivity index (χ2n) is 5.25. The molecule has 2 atom stereocenters. The van der Waals surface area contributed by atoms with Crippen LogP contribution in [-0.4, -0.2) is 36.5 Å². The fraction of sp³-hybridized carbons (Fsp3) is 0.909. The number of halogens is 1. The van der Waals surface area contributed by atoms with Gasteiger partial charge in [-0.1, -0.05) is 0 Å². The number of carbonyl (C=O) groups is 1. The van der Waals surface area contributed by atoms with Crippen molar-refractivity contribution in [2.75, 3.05) is 19.6 Å². The molecule has 0 aromatic carbocycles. The Hall–Kier alpha value is -0.280. The smallest absolute Gasteiger partial charge is 0.226 e. The molecular weight excluding hydrogens is 212 g/mol. The molecular formula is C11H19ClN2O. The molecule has 3 rings (SSSR count). The molecule has 0 aromatic heterocycles. The van der Waals surface area contributed by atoms with Gasteiger partial charge in [-0.15, -0.1) is 12.4 Å². The first kappa shape index (κ1) is 11.2. The van der Waals surface area contributed by atoms with E-state index in [-0.39, 0.29) is 12.4 Å². The van der Waals surface area contributed by atoms with Crippen LogP contribution in [0.15, 0.2) is 0 Å². The first-order chi connectivity index (χ1) is 6.73. The summed E-state index contributed by atoms with van der Waals surface area (Å²) in [6, 6.07) is 0.494. The minimum Gasteiger partial charge on any atom is -0.340 e. The standard InChI is InChI=1S/C11H18N2O.ClH/c1-8-3-2-4-13(8)10(14)9-5-11(9)6-12-7-11;/h8-9,12H,2-7H2,1H3;1H. The maximum atomic E-state index is 12.1. The molecule has 1 amide bonds. The monoisotopic (exact) mass is 230 g/mol. The van der Waals surface area contributed by atoms with Crippen molar-refractivity contribution < 1.29 is 4.79 Å². The highest BCUT2D eigenvalue weighted by molar-refractivity contribution is 5.85. The molecule has 3 nitrogen and oxygen atoms in total. The maximum Gasteiger partial charge on any atom is 0.226 e. The van der Waals surface area contributed by atoms with E-state index in [2.05, 4.69) is 17.1 Å². The van der Waals surface area contributed by atoms with Gasteiger partial charge in [0.1, 0.15) is 0 Å². The first-order valence-corrected chi connectivity index (χ1v) is 5.74. The molecule has 2 saturated heterocycles. The highest BCUT2D eigenvalue weighted by Crippen LogP contribution is 2.56. The van der Waals surface area contributed by atoms with Gasteiger partial charge in [0.25, 0.3) is 0 Å². The zero-order valence-corrected chi connectivity index (χ0v) is 9.98. The van der Waals surface area contributed by atoms with Crippen LogP contribution >= 0.6 is 12.4 Å². The lowest BCUT2D eigenvalue weighted by molar-refractivity contribution is -0.134. The van der Waals surface area contributed by atoms with Gasteiger partial charge in [-0.2, -0.15) is 0 Å². The van der Waals surface area contributed by atoms with E-state index in [0.717, 1.165) is 26.1 Å². The van der Waals surface area contributed by atoms with Crippen molar-refractivity contribution in [1.29, 1.82) is 0 Å². The molecule has 2 aliphatic heterocycles. The van der Waals surface area contributed by atoms with Gasteiger partial charge in [-0.3, -0.25) is 4.79 Å². The second-order valence-corrected chi connectivity index (χ2v) is 5.25. The summed E-state index contributed by atoms with van der Waals surface area (Å²) in [6.45, 7) is 5.33. The van der Waals surface area contributed by atoms with E-state index < -0.39 is 0 Å². The van der Waals surface area contributed by atoms with E-state index in [9.17, 15) is 4.79 Å². The number of nitrogens with zero attached hydrogens (tertiary/aromatic N) is 1. The van der Waals surface area contributed by atoms with Gasteiger partial charge < -0.3 is 10.2 Å². The van der Waals surface area contributed by atoms with Crippen LogP contribution in [0.1, 0.15) is 26.2 Å². The molecule has 3 aliphatic rings. The topological polar surface area (TPSA) is 32.3 Å². The predicted molar refractivity (Wildman–Crippen MR) is 61.1 cm³/mol. The lowest BCUT2D eigenvalue weighted by atomic mass is 9.96. The van der Waals surface area contributed by atoms with E-state index in [0.29, 0.717) is 23.3 Å². The number of hydrogen-bond acceptors (Lipinski definition) is 2. The van der Waals surface area contributed by atoms with Gasteiger partial charge in [0.05, 0.1) is 0 Å². The molecule has 2 unspecified atom stereocenters.